The average Bonchev–Trinajstić information content (AvgIpc) is 2.78. The number of amides is 1. The SMILES string of the molecule is N#CC1(C(=O)NCC2Cc3ccccc3O2)CCC1. The standard InChI is InChI=1S/C15H16N2O2/c16-10-15(6-3-7-15)14(18)17-9-12-8-11-4-1-2-5-13(11)19-12/h1-2,4-5,12H,3,6-9H2,(H,17,18). The minimum atomic E-state index is -0.772. The van der Waals surface area contributed by atoms with Crippen molar-refractivity contribution in [2.24, 2.45) is 5.41 Å². The summed E-state index contributed by atoms with van der Waals surface area (Å²) < 4.78 is 5.76. The lowest BCUT2D eigenvalue weighted by Crippen LogP contribution is -2.47. The monoisotopic (exact) mass is 256 g/mol. The van der Waals surface area contributed by atoms with Crippen molar-refractivity contribution < 1.29 is 9.53 Å². The first-order chi connectivity index (χ1) is 9.23. The van der Waals surface area contributed by atoms with Gasteiger partial charge in [-0.3, -0.25) is 4.79 Å². The average molecular weight is 256 g/mol. The van der Waals surface area contributed by atoms with Gasteiger partial charge in [0.25, 0.3) is 0 Å². The Morgan fingerprint density at radius 1 is 1.47 bits per heavy atom. The van der Waals surface area contributed by atoms with E-state index in [1.54, 1.807) is 0 Å². The number of carbonyl (C=O) groups is 1. The number of carbonyl (C=O) groups excluding carboxylic acids is 1. The fourth-order valence-electron chi connectivity index (χ4n) is 2.66. The van der Waals surface area contributed by atoms with Crippen molar-refractivity contribution in [2.45, 2.75) is 31.8 Å². The fraction of sp³-hybridized carbons (Fsp3) is 0.467. The predicted octanol–water partition coefficient (Wildman–Crippen LogP) is 1.80. The third-order valence-corrected chi connectivity index (χ3v) is 4.06. The minimum absolute atomic E-state index is 0.0165. The van der Waals surface area contributed by atoms with Crippen LogP contribution in [0, 0.1) is 16.7 Å². The maximum absolute atomic E-state index is 12.0. The van der Waals surface area contributed by atoms with E-state index in [0.717, 1.165) is 18.6 Å². The Bertz CT molecular complexity index is 518. The number of hydrogen-bond donors (Lipinski definition) is 1. The third kappa shape index (κ3) is 2.06. The van der Waals surface area contributed by atoms with Gasteiger partial charge in [-0.25, -0.2) is 0 Å². The number of nitriles is 1. The van der Waals surface area contributed by atoms with E-state index in [1.165, 1.54) is 5.56 Å². The van der Waals surface area contributed by atoms with Gasteiger partial charge in [0.05, 0.1) is 12.6 Å². The van der Waals surface area contributed by atoms with E-state index in [4.69, 9.17) is 10.00 Å². The molecule has 1 aliphatic carbocycles. The Morgan fingerprint density at radius 2 is 2.26 bits per heavy atom. The highest BCUT2D eigenvalue weighted by Crippen LogP contribution is 2.40. The molecule has 19 heavy (non-hydrogen) atoms. The van der Waals surface area contributed by atoms with Gasteiger partial charge in [-0.05, 0) is 30.9 Å². The van der Waals surface area contributed by atoms with Crippen LogP contribution in [0.5, 0.6) is 5.75 Å². The third-order valence-electron chi connectivity index (χ3n) is 4.06. The number of hydrogen-bond acceptors (Lipinski definition) is 3. The first kappa shape index (κ1) is 12.0. The van der Waals surface area contributed by atoms with Gasteiger partial charge in [-0.2, -0.15) is 5.26 Å². The molecule has 3 rings (SSSR count). The molecule has 1 saturated carbocycles. The Labute approximate surface area is 112 Å². The zero-order chi connectivity index (χ0) is 13.3. The van der Waals surface area contributed by atoms with Gasteiger partial charge in [-0.15, -0.1) is 0 Å². The summed E-state index contributed by atoms with van der Waals surface area (Å²) in [5.74, 6) is 0.765. The molecule has 0 aromatic heterocycles. The summed E-state index contributed by atoms with van der Waals surface area (Å²) in [5.41, 5.74) is 0.409. The normalized spacial score (nSPS) is 22.6. The smallest absolute Gasteiger partial charge is 0.240 e. The summed E-state index contributed by atoms with van der Waals surface area (Å²) in [6.45, 7) is 0.469. The summed E-state index contributed by atoms with van der Waals surface area (Å²) >= 11 is 0. The van der Waals surface area contributed by atoms with Crippen molar-refractivity contribution in [2.75, 3.05) is 6.54 Å². The van der Waals surface area contributed by atoms with Crippen LogP contribution in [0.3, 0.4) is 0 Å². The highest BCUT2D eigenvalue weighted by molar-refractivity contribution is 5.86. The van der Waals surface area contributed by atoms with Gasteiger partial charge in [0.1, 0.15) is 17.3 Å². The van der Waals surface area contributed by atoms with E-state index in [2.05, 4.69) is 11.4 Å². The molecule has 2 aliphatic rings. The molecule has 98 valence electrons. The molecule has 1 aromatic rings. The van der Waals surface area contributed by atoms with Gasteiger partial charge in [0.15, 0.2) is 0 Å². The lowest BCUT2D eigenvalue weighted by atomic mass is 9.69. The van der Waals surface area contributed by atoms with Gasteiger partial charge < -0.3 is 10.1 Å². The van der Waals surface area contributed by atoms with Crippen LogP contribution in [0.4, 0.5) is 0 Å². The lowest BCUT2D eigenvalue weighted by Gasteiger charge is -2.33. The number of fused-ring (bicyclic) bond motifs is 1. The largest absolute Gasteiger partial charge is 0.488 e. The van der Waals surface area contributed by atoms with Crippen LogP contribution in [-0.4, -0.2) is 18.6 Å². The molecule has 1 aliphatic heterocycles. The zero-order valence-corrected chi connectivity index (χ0v) is 10.7. The van der Waals surface area contributed by atoms with Crippen LogP contribution in [0.25, 0.3) is 0 Å². The van der Waals surface area contributed by atoms with Crippen LogP contribution in [0.1, 0.15) is 24.8 Å². The van der Waals surface area contributed by atoms with Crippen molar-refractivity contribution in [3.05, 3.63) is 29.8 Å². The Morgan fingerprint density at radius 3 is 2.89 bits per heavy atom. The van der Waals surface area contributed by atoms with Crippen LogP contribution in [0.15, 0.2) is 24.3 Å². The van der Waals surface area contributed by atoms with Gasteiger partial charge >= 0.3 is 0 Å². The molecule has 1 fully saturated rings. The van der Waals surface area contributed by atoms with Crippen molar-refractivity contribution in [3.8, 4) is 11.8 Å². The van der Waals surface area contributed by atoms with E-state index < -0.39 is 5.41 Å². The second-order valence-electron chi connectivity index (χ2n) is 5.31. The quantitative estimate of drug-likeness (QED) is 0.897. The predicted molar refractivity (Wildman–Crippen MR) is 69.5 cm³/mol. The molecule has 4 heteroatoms. The number of rotatable bonds is 3. The lowest BCUT2D eigenvalue weighted by molar-refractivity contribution is -0.132. The molecular weight excluding hydrogens is 240 g/mol. The van der Waals surface area contributed by atoms with E-state index in [1.807, 2.05) is 24.3 Å². The maximum atomic E-state index is 12.0. The van der Waals surface area contributed by atoms with Crippen LogP contribution >= 0.6 is 0 Å². The van der Waals surface area contributed by atoms with Crippen LogP contribution in [0.2, 0.25) is 0 Å². The number of para-hydroxylation sites is 1. The van der Waals surface area contributed by atoms with Crippen LogP contribution < -0.4 is 10.1 Å². The van der Waals surface area contributed by atoms with E-state index in [0.29, 0.717) is 19.4 Å². The van der Waals surface area contributed by atoms with E-state index >= 15 is 0 Å². The van der Waals surface area contributed by atoms with Crippen molar-refractivity contribution in [1.82, 2.24) is 5.32 Å². The Hall–Kier alpha value is -2.02. The second-order valence-corrected chi connectivity index (χ2v) is 5.31. The second kappa shape index (κ2) is 4.58. The molecule has 1 N–H and O–H groups in total. The van der Waals surface area contributed by atoms with Gasteiger partial charge in [0.2, 0.25) is 5.91 Å². The van der Waals surface area contributed by atoms with Crippen molar-refractivity contribution in [3.63, 3.8) is 0 Å². The molecule has 0 saturated heterocycles. The molecule has 1 unspecified atom stereocenters. The molecule has 1 heterocycles. The maximum Gasteiger partial charge on any atom is 0.240 e. The van der Waals surface area contributed by atoms with Gasteiger partial charge in [-0.1, -0.05) is 18.2 Å². The van der Waals surface area contributed by atoms with E-state index in [-0.39, 0.29) is 12.0 Å². The van der Waals surface area contributed by atoms with E-state index in [9.17, 15) is 4.79 Å². The summed E-state index contributed by atoms with van der Waals surface area (Å²) in [5, 5.41) is 12.0. The number of benzene rings is 1. The highest BCUT2D eigenvalue weighted by atomic mass is 16.5. The van der Waals surface area contributed by atoms with Gasteiger partial charge in [0, 0.05) is 6.42 Å². The Balaban J connectivity index is 1.55. The van der Waals surface area contributed by atoms with Crippen molar-refractivity contribution >= 4 is 5.91 Å². The molecule has 1 amide bonds. The number of nitrogens with zero attached hydrogens (tertiary/aromatic N) is 1. The summed E-state index contributed by atoms with van der Waals surface area (Å²) in [4.78, 5) is 12.0. The topological polar surface area (TPSA) is 62.1 Å². The summed E-state index contributed by atoms with van der Waals surface area (Å²) in [6.07, 6.45) is 3.13. The molecule has 1 aromatic carbocycles. The number of ether oxygens (including phenoxy) is 1. The molecule has 4 nitrogen and oxygen atoms in total. The molecular formula is C15H16N2O2. The molecule has 1 atom stereocenters. The zero-order valence-electron chi connectivity index (χ0n) is 10.7. The summed E-state index contributed by atoms with van der Waals surface area (Å²) in [6, 6.07) is 10.1. The highest BCUT2D eigenvalue weighted by Gasteiger charge is 2.44. The first-order valence-electron chi connectivity index (χ1n) is 6.68. The number of nitrogens with one attached hydrogen (secondary N) is 1. The molecule has 0 bridgehead atoms. The first-order valence-corrected chi connectivity index (χ1v) is 6.68. The Kier molecular flexibility index (Phi) is 2.90. The fourth-order valence-corrected chi connectivity index (χ4v) is 2.66. The van der Waals surface area contributed by atoms with Crippen LogP contribution in [-0.2, 0) is 11.2 Å². The molecule has 0 radical (unpaired) electrons. The minimum Gasteiger partial charge on any atom is -0.488 e. The summed E-state index contributed by atoms with van der Waals surface area (Å²) in [7, 11) is 0. The van der Waals surface area contributed by atoms with Crippen molar-refractivity contribution in [1.29, 1.82) is 5.26 Å². The molecule has 0 spiro atoms.